The van der Waals surface area contributed by atoms with Crippen molar-refractivity contribution in [1.29, 1.82) is 0 Å². The zero-order chi connectivity index (χ0) is 8.27. The molecule has 1 rings (SSSR count). The Hall–Kier alpha value is -1.51. The fourth-order valence-corrected chi connectivity index (χ4v) is 0.783. The summed E-state index contributed by atoms with van der Waals surface area (Å²) in [4.78, 5) is 24.9. The third-order valence-electron chi connectivity index (χ3n) is 1.32. The van der Waals surface area contributed by atoms with E-state index >= 15 is 0 Å². The average Bonchev–Trinajstić information content (AvgIpc) is 1.99. The normalized spacial score (nSPS) is 16.5. The maximum absolute atomic E-state index is 10.9. The van der Waals surface area contributed by atoms with Crippen LogP contribution in [0.5, 0.6) is 0 Å². The van der Waals surface area contributed by atoms with Crippen molar-refractivity contribution in [2.75, 3.05) is 0 Å². The average molecular weight is 149 g/mol. The molecule has 0 spiro atoms. The Balaban J connectivity index is 2.86. The first kappa shape index (κ1) is 7.60. The molecule has 11 heavy (non-hydrogen) atoms. The summed E-state index contributed by atoms with van der Waals surface area (Å²) in [7, 11) is 0. The number of Topliss-reactive ketones (excluding diaryl/α,β-unsaturated/α-hetero) is 1. The quantitative estimate of drug-likeness (QED) is 0.428. The Morgan fingerprint density at radius 1 is 1.55 bits per heavy atom. The third kappa shape index (κ3) is 1.49. The van der Waals surface area contributed by atoms with Crippen molar-refractivity contribution < 1.29 is 9.59 Å². The maximum Gasteiger partial charge on any atom is 0.317 e. The van der Waals surface area contributed by atoms with Crippen LogP contribution in [-0.2, 0) is 9.59 Å². The molecular weight excluding hydrogens is 142 g/mol. The summed E-state index contributed by atoms with van der Waals surface area (Å²) in [5.74, 6) is -1.21. The van der Waals surface area contributed by atoms with Crippen LogP contribution in [0, 0.1) is 0 Å². The van der Waals surface area contributed by atoms with Crippen molar-refractivity contribution >= 4 is 17.9 Å². The molecule has 0 saturated carbocycles. The Morgan fingerprint density at radius 3 is 2.91 bits per heavy atom. The molecule has 0 radical (unpaired) electrons. The lowest BCUT2D eigenvalue weighted by Gasteiger charge is -2.01. The molecule has 3 heteroatoms. The van der Waals surface area contributed by atoms with Crippen LogP contribution in [0.2, 0.25) is 0 Å². The van der Waals surface area contributed by atoms with Crippen molar-refractivity contribution in [2.45, 2.75) is 6.42 Å². The van der Waals surface area contributed by atoms with Crippen LogP contribution in [0.1, 0.15) is 6.42 Å². The van der Waals surface area contributed by atoms with Crippen LogP contribution in [0.3, 0.4) is 0 Å². The van der Waals surface area contributed by atoms with Crippen molar-refractivity contribution in [1.82, 2.24) is 0 Å². The van der Waals surface area contributed by atoms with Gasteiger partial charge >= 0.3 is 5.91 Å². The predicted octanol–water partition coefficient (Wildman–Crippen LogP) is 0.669. The van der Waals surface area contributed by atoms with Gasteiger partial charge < -0.3 is 0 Å². The van der Waals surface area contributed by atoms with Gasteiger partial charge in [-0.2, -0.15) is 0 Å². The summed E-state index contributed by atoms with van der Waals surface area (Å²) < 4.78 is 0. The molecule has 0 bridgehead atoms. The number of hydrogen-bond donors (Lipinski definition) is 0. The van der Waals surface area contributed by atoms with E-state index < -0.39 is 11.7 Å². The second-order valence-electron chi connectivity index (χ2n) is 2.10. The van der Waals surface area contributed by atoms with Gasteiger partial charge in [0.2, 0.25) is 5.78 Å². The monoisotopic (exact) mass is 149 g/mol. The van der Waals surface area contributed by atoms with E-state index in [1.54, 1.807) is 6.08 Å². The highest BCUT2D eigenvalue weighted by molar-refractivity contribution is 6.45. The van der Waals surface area contributed by atoms with Crippen molar-refractivity contribution in [2.24, 2.45) is 4.99 Å². The van der Waals surface area contributed by atoms with Gasteiger partial charge in [0.1, 0.15) is 0 Å². The Labute approximate surface area is 64.1 Å². The van der Waals surface area contributed by atoms with E-state index in [0.717, 1.165) is 0 Å². The van der Waals surface area contributed by atoms with Gasteiger partial charge in [-0.25, -0.2) is 4.99 Å². The van der Waals surface area contributed by atoms with E-state index in [1.165, 1.54) is 12.3 Å². The number of aliphatic imine (C=N–C) groups is 1. The van der Waals surface area contributed by atoms with Crippen LogP contribution in [0.4, 0.5) is 0 Å². The molecule has 0 aromatic rings. The van der Waals surface area contributed by atoms with Gasteiger partial charge in [-0.1, -0.05) is 6.08 Å². The Morgan fingerprint density at radius 2 is 2.27 bits per heavy atom. The van der Waals surface area contributed by atoms with E-state index in [9.17, 15) is 9.59 Å². The Bertz CT molecular complexity index is 274. The molecule has 0 aromatic carbocycles. The first-order valence-corrected chi connectivity index (χ1v) is 3.18. The number of dihydropyridines is 1. The minimum atomic E-state index is -0.690. The minimum Gasteiger partial charge on any atom is -0.283 e. The second-order valence-corrected chi connectivity index (χ2v) is 2.10. The van der Waals surface area contributed by atoms with Gasteiger partial charge in [-0.05, 0) is 12.5 Å². The number of nitrogens with zero attached hydrogens (tertiary/aromatic N) is 1. The highest BCUT2D eigenvalue weighted by Gasteiger charge is 2.18. The lowest BCUT2D eigenvalue weighted by atomic mass is 10.1. The molecule has 0 unspecified atom stereocenters. The molecular formula is C8H7NO2. The molecule has 56 valence electrons. The fraction of sp³-hybridized carbons (Fsp3) is 0.125. The largest absolute Gasteiger partial charge is 0.317 e. The molecule has 0 atom stereocenters. The van der Waals surface area contributed by atoms with Crippen molar-refractivity contribution in [3.63, 3.8) is 0 Å². The van der Waals surface area contributed by atoms with Gasteiger partial charge in [0.25, 0.3) is 0 Å². The van der Waals surface area contributed by atoms with Crippen LogP contribution in [-0.4, -0.2) is 17.9 Å². The molecule has 1 heterocycles. The van der Waals surface area contributed by atoms with Crippen LogP contribution in [0.25, 0.3) is 0 Å². The lowest BCUT2D eigenvalue weighted by molar-refractivity contribution is -0.133. The van der Waals surface area contributed by atoms with Gasteiger partial charge in [0.05, 0.1) is 0 Å². The predicted molar refractivity (Wildman–Crippen MR) is 41.4 cm³/mol. The molecule has 0 N–H and O–H groups in total. The van der Waals surface area contributed by atoms with Gasteiger partial charge in [-0.15, -0.1) is 6.58 Å². The van der Waals surface area contributed by atoms with E-state index in [0.29, 0.717) is 12.0 Å². The van der Waals surface area contributed by atoms with Crippen molar-refractivity contribution in [3.05, 3.63) is 24.3 Å². The number of ketones is 1. The smallest absolute Gasteiger partial charge is 0.283 e. The molecule has 1 amide bonds. The Kier molecular flexibility index (Phi) is 2.11. The zero-order valence-electron chi connectivity index (χ0n) is 5.91. The molecule has 0 fully saturated rings. The molecule has 1 aliphatic rings. The van der Waals surface area contributed by atoms with Crippen LogP contribution < -0.4 is 0 Å². The molecule has 1 aliphatic heterocycles. The van der Waals surface area contributed by atoms with Gasteiger partial charge in [0, 0.05) is 11.8 Å². The van der Waals surface area contributed by atoms with E-state index in [2.05, 4.69) is 11.6 Å². The number of allylic oxidation sites excluding steroid dienone is 2. The van der Waals surface area contributed by atoms with E-state index in [-0.39, 0.29) is 0 Å². The number of carbonyl (C=O) groups excluding carboxylic acids is 2. The second kappa shape index (κ2) is 3.05. The maximum atomic E-state index is 10.9. The first-order valence-electron chi connectivity index (χ1n) is 3.18. The number of carbonyl (C=O) groups is 2. The molecule has 3 nitrogen and oxygen atoms in total. The summed E-state index contributed by atoms with van der Waals surface area (Å²) in [6.07, 6.45) is 4.88. The molecule has 0 saturated heterocycles. The van der Waals surface area contributed by atoms with Crippen LogP contribution in [0.15, 0.2) is 29.3 Å². The van der Waals surface area contributed by atoms with Gasteiger partial charge in [-0.3, -0.25) is 9.59 Å². The summed E-state index contributed by atoms with van der Waals surface area (Å²) in [5, 5.41) is 0. The van der Waals surface area contributed by atoms with Gasteiger partial charge in [0.15, 0.2) is 0 Å². The minimum absolute atomic E-state index is 0.427. The molecule has 0 aromatic heterocycles. The summed E-state index contributed by atoms with van der Waals surface area (Å²) in [6, 6.07) is 0. The van der Waals surface area contributed by atoms with Crippen LogP contribution >= 0.6 is 0 Å². The first-order chi connectivity index (χ1) is 5.25. The topological polar surface area (TPSA) is 46.5 Å². The SMILES string of the molecule is C=CCC1=CC=NC(=O)C1=O. The lowest BCUT2D eigenvalue weighted by Crippen LogP contribution is -2.17. The highest BCUT2D eigenvalue weighted by atomic mass is 16.2. The highest BCUT2D eigenvalue weighted by Crippen LogP contribution is 2.07. The standard InChI is InChI=1S/C8H7NO2/c1-2-3-6-4-5-9-8(11)7(6)10/h2,4-5H,1,3H2. The fourth-order valence-electron chi connectivity index (χ4n) is 0.783. The molecule has 0 aliphatic carbocycles. The summed E-state index contributed by atoms with van der Waals surface area (Å²) in [6.45, 7) is 3.47. The summed E-state index contributed by atoms with van der Waals surface area (Å²) in [5.41, 5.74) is 0.458. The number of rotatable bonds is 2. The third-order valence-corrected chi connectivity index (χ3v) is 1.32. The number of amides is 1. The van der Waals surface area contributed by atoms with E-state index in [1.807, 2.05) is 0 Å². The van der Waals surface area contributed by atoms with Crippen molar-refractivity contribution in [3.8, 4) is 0 Å². The zero-order valence-corrected chi connectivity index (χ0v) is 5.91. The number of hydrogen-bond acceptors (Lipinski definition) is 2. The summed E-state index contributed by atoms with van der Waals surface area (Å²) >= 11 is 0. The van der Waals surface area contributed by atoms with E-state index in [4.69, 9.17) is 0 Å².